The van der Waals surface area contributed by atoms with Gasteiger partial charge >= 0.3 is 0 Å². The van der Waals surface area contributed by atoms with Gasteiger partial charge in [-0.05, 0) is 13.0 Å². The van der Waals surface area contributed by atoms with Gasteiger partial charge in [-0.3, -0.25) is 4.79 Å². The molecule has 0 amide bonds. The second kappa shape index (κ2) is 3.92. The highest BCUT2D eigenvalue weighted by Gasteiger charge is 2.18. The van der Waals surface area contributed by atoms with Crippen LogP contribution in [0.25, 0.3) is 0 Å². The molecule has 0 unspecified atom stereocenters. The molecule has 1 aromatic carbocycles. The Kier molecular flexibility index (Phi) is 3.06. The normalized spacial score (nSPS) is 10.3. The van der Waals surface area contributed by atoms with E-state index in [1.54, 1.807) is 0 Å². The maximum Gasteiger partial charge on any atom is 0.166 e. The minimum atomic E-state index is -1.23. The average molecular weight is 221 g/mol. The first-order valence-corrected chi connectivity index (χ1v) is 4.16. The van der Waals surface area contributed by atoms with Crippen molar-refractivity contribution < 1.29 is 18.7 Å². The third-order valence-corrected chi connectivity index (χ3v) is 1.95. The lowest BCUT2D eigenvalue weighted by atomic mass is 10.1. The summed E-state index contributed by atoms with van der Waals surface area (Å²) in [5.41, 5.74) is -0.400. The number of aromatic hydroxyl groups is 1. The zero-order valence-electron chi connectivity index (χ0n) is 7.27. The lowest BCUT2D eigenvalue weighted by molar-refractivity contribution is -0.116. The van der Waals surface area contributed by atoms with Gasteiger partial charge in [0, 0.05) is 12.0 Å². The quantitative estimate of drug-likeness (QED) is 0.778. The molecule has 0 fully saturated rings. The number of phenols is 1. The second-order valence-corrected chi connectivity index (χ2v) is 3.27. The molecule has 14 heavy (non-hydrogen) atoms. The Labute approximate surface area is 84.1 Å². The van der Waals surface area contributed by atoms with E-state index < -0.39 is 22.9 Å². The number of hydrogen-bond donors (Lipinski definition) is 1. The average Bonchev–Trinajstić information content (AvgIpc) is 2.09. The van der Waals surface area contributed by atoms with Crippen molar-refractivity contribution >= 4 is 17.4 Å². The topological polar surface area (TPSA) is 37.3 Å². The van der Waals surface area contributed by atoms with Gasteiger partial charge in [0.2, 0.25) is 0 Å². The molecular formula is C9H7ClF2O2. The Morgan fingerprint density at radius 1 is 1.57 bits per heavy atom. The number of carbonyl (C=O) groups is 1. The van der Waals surface area contributed by atoms with Crippen LogP contribution in [-0.2, 0) is 11.2 Å². The molecule has 0 heterocycles. The molecule has 0 atom stereocenters. The van der Waals surface area contributed by atoms with Crippen LogP contribution in [0.2, 0.25) is 5.02 Å². The Hall–Kier alpha value is -1.16. The minimum Gasteiger partial charge on any atom is -0.506 e. The number of benzene rings is 1. The Morgan fingerprint density at radius 3 is 2.64 bits per heavy atom. The van der Waals surface area contributed by atoms with Crippen LogP contribution in [0.15, 0.2) is 6.07 Å². The first-order chi connectivity index (χ1) is 6.43. The molecule has 5 heteroatoms. The summed E-state index contributed by atoms with van der Waals surface area (Å²) in [5, 5.41) is 8.96. The zero-order chi connectivity index (χ0) is 10.9. The van der Waals surface area contributed by atoms with Crippen LogP contribution in [-0.4, -0.2) is 10.9 Å². The molecule has 0 aliphatic heterocycles. The van der Waals surface area contributed by atoms with Gasteiger partial charge in [-0.15, -0.1) is 0 Å². The molecule has 2 nitrogen and oxygen atoms in total. The number of carbonyl (C=O) groups excluding carboxylic acids is 1. The van der Waals surface area contributed by atoms with E-state index in [9.17, 15) is 18.7 Å². The molecule has 76 valence electrons. The summed E-state index contributed by atoms with van der Waals surface area (Å²) in [5.74, 6) is -3.38. The maximum atomic E-state index is 13.1. The number of hydrogen-bond acceptors (Lipinski definition) is 2. The molecule has 0 bridgehead atoms. The molecule has 1 aromatic rings. The number of phenolic OH excluding ortho intramolecular Hbond substituents is 1. The second-order valence-electron chi connectivity index (χ2n) is 2.86. The van der Waals surface area contributed by atoms with Crippen molar-refractivity contribution in [2.45, 2.75) is 13.3 Å². The van der Waals surface area contributed by atoms with E-state index in [4.69, 9.17) is 11.6 Å². The molecule has 0 radical (unpaired) electrons. The molecule has 0 saturated heterocycles. The number of rotatable bonds is 2. The lowest BCUT2D eigenvalue weighted by Crippen LogP contribution is -2.02. The van der Waals surface area contributed by atoms with Crippen LogP contribution in [0.3, 0.4) is 0 Å². The van der Waals surface area contributed by atoms with Crippen molar-refractivity contribution in [2.24, 2.45) is 0 Å². The molecule has 0 saturated carbocycles. The summed E-state index contributed by atoms with van der Waals surface area (Å²) in [6, 6.07) is 0.663. The van der Waals surface area contributed by atoms with Crippen LogP contribution >= 0.6 is 11.6 Å². The summed E-state index contributed by atoms with van der Waals surface area (Å²) < 4.78 is 25.8. The molecule has 0 spiro atoms. The fraction of sp³-hybridized carbons (Fsp3) is 0.222. The summed E-state index contributed by atoms with van der Waals surface area (Å²) in [6.45, 7) is 1.21. The van der Waals surface area contributed by atoms with Gasteiger partial charge in [-0.25, -0.2) is 8.78 Å². The van der Waals surface area contributed by atoms with E-state index in [0.717, 1.165) is 0 Å². The van der Waals surface area contributed by atoms with Gasteiger partial charge in [-0.2, -0.15) is 0 Å². The number of ketones is 1. The first-order valence-electron chi connectivity index (χ1n) is 3.78. The Bertz CT molecular complexity index is 365. The SMILES string of the molecule is CC(=O)Cc1c(O)c(Cl)cc(F)c1F. The summed E-state index contributed by atoms with van der Waals surface area (Å²) in [4.78, 5) is 10.7. The van der Waals surface area contributed by atoms with E-state index in [0.29, 0.717) is 6.07 Å². The van der Waals surface area contributed by atoms with Crippen molar-refractivity contribution in [1.82, 2.24) is 0 Å². The molecule has 1 rings (SSSR count). The third kappa shape index (κ3) is 2.01. The van der Waals surface area contributed by atoms with Crippen LogP contribution in [0.1, 0.15) is 12.5 Å². The van der Waals surface area contributed by atoms with E-state index in [1.165, 1.54) is 6.92 Å². The van der Waals surface area contributed by atoms with Gasteiger partial charge in [0.1, 0.15) is 11.5 Å². The zero-order valence-corrected chi connectivity index (χ0v) is 8.03. The monoisotopic (exact) mass is 220 g/mol. The molecule has 0 aromatic heterocycles. The smallest absolute Gasteiger partial charge is 0.166 e. The van der Waals surface area contributed by atoms with Gasteiger partial charge < -0.3 is 5.11 Å². The molecule has 0 aliphatic carbocycles. The van der Waals surface area contributed by atoms with E-state index in [1.807, 2.05) is 0 Å². The number of halogens is 3. The van der Waals surface area contributed by atoms with Crippen molar-refractivity contribution in [3.05, 3.63) is 28.3 Å². The molecule has 0 aliphatic rings. The summed E-state index contributed by atoms with van der Waals surface area (Å²) in [6.07, 6.45) is -0.380. The highest BCUT2D eigenvalue weighted by molar-refractivity contribution is 6.32. The standard InChI is InChI=1S/C9H7ClF2O2/c1-4(13)2-5-8(12)7(11)3-6(10)9(5)14/h3,14H,2H2,1H3. The Balaban J connectivity index is 3.31. The first kappa shape index (κ1) is 10.9. The van der Waals surface area contributed by atoms with Crippen LogP contribution in [0.5, 0.6) is 5.75 Å². The molecular weight excluding hydrogens is 214 g/mol. The fourth-order valence-corrected chi connectivity index (χ4v) is 1.26. The lowest BCUT2D eigenvalue weighted by Gasteiger charge is -2.06. The largest absolute Gasteiger partial charge is 0.506 e. The van der Waals surface area contributed by atoms with Crippen LogP contribution in [0.4, 0.5) is 8.78 Å². The van der Waals surface area contributed by atoms with Gasteiger partial charge in [0.05, 0.1) is 5.02 Å². The Morgan fingerprint density at radius 2 is 2.14 bits per heavy atom. The van der Waals surface area contributed by atoms with Crippen molar-refractivity contribution in [2.75, 3.05) is 0 Å². The molecule has 1 N–H and O–H groups in total. The summed E-state index contributed by atoms with van der Waals surface area (Å²) in [7, 11) is 0. The van der Waals surface area contributed by atoms with Crippen molar-refractivity contribution in [3.8, 4) is 5.75 Å². The maximum absolute atomic E-state index is 13.1. The highest BCUT2D eigenvalue weighted by Crippen LogP contribution is 2.31. The van der Waals surface area contributed by atoms with E-state index in [-0.39, 0.29) is 17.2 Å². The van der Waals surface area contributed by atoms with Crippen LogP contribution < -0.4 is 0 Å². The van der Waals surface area contributed by atoms with E-state index in [2.05, 4.69) is 0 Å². The number of Topliss-reactive ketones (excluding diaryl/α,β-unsaturated/α-hetero) is 1. The van der Waals surface area contributed by atoms with Gasteiger partial charge in [0.25, 0.3) is 0 Å². The third-order valence-electron chi connectivity index (χ3n) is 1.67. The summed E-state index contributed by atoms with van der Waals surface area (Å²) >= 11 is 5.41. The minimum absolute atomic E-state index is 0.305. The van der Waals surface area contributed by atoms with E-state index >= 15 is 0 Å². The van der Waals surface area contributed by atoms with Crippen LogP contribution in [0, 0.1) is 11.6 Å². The fourth-order valence-electron chi connectivity index (χ4n) is 1.05. The highest BCUT2D eigenvalue weighted by atomic mass is 35.5. The predicted octanol–water partition coefficient (Wildman–Crippen LogP) is 2.46. The predicted molar refractivity (Wildman–Crippen MR) is 47.4 cm³/mol. The van der Waals surface area contributed by atoms with Gasteiger partial charge in [0.15, 0.2) is 11.6 Å². The van der Waals surface area contributed by atoms with Crippen molar-refractivity contribution in [1.29, 1.82) is 0 Å². The van der Waals surface area contributed by atoms with Gasteiger partial charge in [-0.1, -0.05) is 11.6 Å². The van der Waals surface area contributed by atoms with Crippen molar-refractivity contribution in [3.63, 3.8) is 0 Å².